The predicted octanol–water partition coefficient (Wildman–Crippen LogP) is 2.16. The molecule has 60 valence electrons. The Morgan fingerprint density at radius 3 is 2.40 bits per heavy atom. The number of rotatable bonds is 4. The number of hydrogen-bond acceptors (Lipinski definition) is 1. The molecule has 1 heteroatoms. The summed E-state index contributed by atoms with van der Waals surface area (Å²) in [5, 5.41) is 0. The summed E-state index contributed by atoms with van der Waals surface area (Å²) in [5.41, 5.74) is 5.74. The Labute approximate surface area is 64.0 Å². The lowest BCUT2D eigenvalue weighted by molar-refractivity contribution is 0.425. The van der Waals surface area contributed by atoms with Crippen molar-refractivity contribution in [3.8, 4) is 0 Å². The van der Waals surface area contributed by atoms with Gasteiger partial charge in [0.2, 0.25) is 0 Å². The van der Waals surface area contributed by atoms with E-state index in [-0.39, 0.29) is 0 Å². The second-order valence-electron chi connectivity index (χ2n) is 3.86. The van der Waals surface area contributed by atoms with Crippen LogP contribution in [0, 0.1) is 11.8 Å². The van der Waals surface area contributed by atoms with Crippen molar-refractivity contribution >= 4 is 0 Å². The highest BCUT2D eigenvalue weighted by molar-refractivity contribution is 4.75. The molecule has 0 amide bonds. The fourth-order valence-corrected chi connectivity index (χ4v) is 1.17. The summed E-state index contributed by atoms with van der Waals surface area (Å²) in [6.45, 7) is 4.37. The van der Waals surface area contributed by atoms with E-state index in [2.05, 4.69) is 13.8 Å². The molecule has 2 unspecified atom stereocenters. The van der Waals surface area contributed by atoms with Crippen LogP contribution in [0.25, 0.3) is 0 Å². The maximum atomic E-state index is 5.74. The smallest absolute Gasteiger partial charge is 0.00361 e. The van der Waals surface area contributed by atoms with Crippen molar-refractivity contribution in [1.29, 1.82) is 0 Å². The number of hydrogen-bond donors (Lipinski definition) is 1. The van der Waals surface area contributed by atoms with Crippen LogP contribution in [0.1, 0.15) is 39.5 Å². The van der Waals surface area contributed by atoms with Crippen LogP contribution in [0.5, 0.6) is 0 Å². The Kier molecular flexibility index (Phi) is 2.72. The summed E-state index contributed by atoms with van der Waals surface area (Å²) < 4.78 is 0. The molecule has 1 aliphatic carbocycles. The van der Waals surface area contributed by atoms with Gasteiger partial charge in [-0.1, -0.05) is 26.2 Å². The zero-order chi connectivity index (χ0) is 7.56. The van der Waals surface area contributed by atoms with E-state index in [1.165, 1.54) is 25.7 Å². The summed E-state index contributed by atoms with van der Waals surface area (Å²) in [5.74, 6) is 1.79. The molecule has 2 N–H and O–H groups in total. The first-order valence-electron chi connectivity index (χ1n) is 4.45. The molecule has 1 nitrogen and oxygen atoms in total. The predicted molar refractivity (Wildman–Crippen MR) is 44.8 cm³/mol. The van der Waals surface area contributed by atoms with Gasteiger partial charge in [0.25, 0.3) is 0 Å². The van der Waals surface area contributed by atoms with Gasteiger partial charge in [0.15, 0.2) is 0 Å². The highest BCUT2D eigenvalue weighted by Crippen LogP contribution is 2.34. The lowest BCUT2D eigenvalue weighted by Gasteiger charge is -2.14. The standard InChI is InChI=1S/C9H19N/c1-7(8(2)10)3-4-9-5-6-9/h7-9H,3-6,10H2,1-2H3. The SMILES string of the molecule is CC(N)C(C)CCC1CC1. The molecule has 1 aliphatic rings. The third kappa shape index (κ3) is 2.70. The average Bonchev–Trinajstić information content (AvgIpc) is 2.64. The Morgan fingerprint density at radius 1 is 1.40 bits per heavy atom. The molecule has 0 saturated heterocycles. The summed E-state index contributed by atoms with van der Waals surface area (Å²) in [6, 6.07) is 0.388. The van der Waals surface area contributed by atoms with Gasteiger partial charge >= 0.3 is 0 Å². The van der Waals surface area contributed by atoms with E-state index in [0.717, 1.165) is 11.8 Å². The third-order valence-corrected chi connectivity index (χ3v) is 2.62. The Bertz CT molecular complexity index is 94.9. The molecular formula is C9H19N. The first-order chi connectivity index (χ1) is 4.70. The van der Waals surface area contributed by atoms with Crippen molar-refractivity contribution in [3.05, 3.63) is 0 Å². The molecule has 0 radical (unpaired) electrons. The molecule has 0 heterocycles. The highest BCUT2D eigenvalue weighted by atomic mass is 14.6. The minimum Gasteiger partial charge on any atom is -0.328 e. The van der Waals surface area contributed by atoms with Gasteiger partial charge in [-0.15, -0.1) is 0 Å². The van der Waals surface area contributed by atoms with E-state index in [9.17, 15) is 0 Å². The topological polar surface area (TPSA) is 26.0 Å². The molecule has 1 fully saturated rings. The van der Waals surface area contributed by atoms with Gasteiger partial charge in [-0.05, 0) is 25.2 Å². The summed E-state index contributed by atoms with van der Waals surface area (Å²) >= 11 is 0. The summed E-state index contributed by atoms with van der Waals surface area (Å²) in [4.78, 5) is 0. The zero-order valence-corrected chi connectivity index (χ0v) is 7.14. The maximum Gasteiger partial charge on any atom is 0.00361 e. The lowest BCUT2D eigenvalue weighted by atomic mass is 9.97. The molecule has 0 aliphatic heterocycles. The quantitative estimate of drug-likeness (QED) is 0.638. The van der Waals surface area contributed by atoms with E-state index in [4.69, 9.17) is 5.73 Å². The molecule has 0 spiro atoms. The first-order valence-corrected chi connectivity index (χ1v) is 4.45. The largest absolute Gasteiger partial charge is 0.328 e. The van der Waals surface area contributed by atoms with Gasteiger partial charge in [-0.3, -0.25) is 0 Å². The molecule has 0 aromatic heterocycles. The Hall–Kier alpha value is -0.0400. The molecule has 10 heavy (non-hydrogen) atoms. The van der Waals surface area contributed by atoms with Crippen molar-refractivity contribution in [2.75, 3.05) is 0 Å². The van der Waals surface area contributed by atoms with E-state index < -0.39 is 0 Å². The summed E-state index contributed by atoms with van der Waals surface area (Å²) in [7, 11) is 0. The van der Waals surface area contributed by atoms with Crippen LogP contribution in [0.3, 0.4) is 0 Å². The monoisotopic (exact) mass is 141 g/mol. The van der Waals surface area contributed by atoms with E-state index in [0.29, 0.717) is 6.04 Å². The molecule has 0 aromatic carbocycles. The zero-order valence-electron chi connectivity index (χ0n) is 7.14. The van der Waals surface area contributed by atoms with E-state index >= 15 is 0 Å². The summed E-state index contributed by atoms with van der Waals surface area (Å²) in [6.07, 6.45) is 5.71. The third-order valence-electron chi connectivity index (χ3n) is 2.62. The Morgan fingerprint density at radius 2 is 2.00 bits per heavy atom. The molecule has 2 atom stereocenters. The van der Waals surface area contributed by atoms with Crippen molar-refractivity contribution in [2.24, 2.45) is 17.6 Å². The van der Waals surface area contributed by atoms with Crippen LogP contribution in [0.15, 0.2) is 0 Å². The maximum absolute atomic E-state index is 5.74. The van der Waals surface area contributed by atoms with Crippen LogP contribution < -0.4 is 5.73 Å². The van der Waals surface area contributed by atoms with E-state index in [1.807, 2.05) is 0 Å². The van der Waals surface area contributed by atoms with Gasteiger partial charge in [0.1, 0.15) is 0 Å². The van der Waals surface area contributed by atoms with Gasteiger partial charge in [0, 0.05) is 6.04 Å². The minimum absolute atomic E-state index is 0.388. The van der Waals surface area contributed by atoms with Crippen LogP contribution in [0.2, 0.25) is 0 Å². The highest BCUT2D eigenvalue weighted by Gasteiger charge is 2.21. The molecule has 1 saturated carbocycles. The fourth-order valence-electron chi connectivity index (χ4n) is 1.17. The molecule has 1 rings (SSSR count). The van der Waals surface area contributed by atoms with Crippen LogP contribution in [-0.2, 0) is 0 Å². The number of nitrogens with two attached hydrogens (primary N) is 1. The van der Waals surface area contributed by atoms with Gasteiger partial charge in [-0.25, -0.2) is 0 Å². The first kappa shape index (κ1) is 8.06. The second kappa shape index (κ2) is 3.38. The normalized spacial score (nSPS) is 24.3. The average molecular weight is 141 g/mol. The Balaban J connectivity index is 1.99. The molecule has 0 bridgehead atoms. The second-order valence-corrected chi connectivity index (χ2v) is 3.86. The molecular weight excluding hydrogens is 122 g/mol. The lowest BCUT2D eigenvalue weighted by Crippen LogP contribution is -2.24. The van der Waals surface area contributed by atoms with Gasteiger partial charge in [0.05, 0.1) is 0 Å². The molecule has 0 aromatic rings. The fraction of sp³-hybridized carbons (Fsp3) is 1.00. The van der Waals surface area contributed by atoms with Crippen molar-refractivity contribution in [1.82, 2.24) is 0 Å². The van der Waals surface area contributed by atoms with E-state index in [1.54, 1.807) is 0 Å². The van der Waals surface area contributed by atoms with Crippen LogP contribution >= 0.6 is 0 Å². The van der Waals surface area contributed by atoms with Crippen molar-refractivity contribution in [2.45, 2.75) is 45.6 Å². The van der Waals surface area contributed by atoms with Gasteiger partial charge in [-0.2, -0.15) is 0 Å². The minimum atomic E-state index is 0.388. The van der Waals surface area contributed by atoms with Crippen LogP contribution in [-0.4, -0.2) is 6.04 Å². The van der Waals surface area contributed by atoms with Crippen molar-refractivity contribution < 1.29 is 0 Å². The van der Waals surface area contributed by atoms with Crippen LogP contribution in [0.4, 0.5) is 0 Å². The van der Waals surface area contributed by atoms with Gasteiger partial charge < -0.3 is 5.73 Å². The van der Waals surface area contributed by atoms with Crippen molar-refractivity contribution in [3.63, 3.8) is 0 Å².